The zero-order valence-corrected chi connectivity index (χ0v) is 4.92. The van der Waals surface area contributed by atoms with Crippen LogP contribution in [0.1, 0.15) is 0 Å². The molecule has 1 aliphatic heterocycles. The van der Waals surface area contributed by atoms with Gasteiger partial charge >= 0.3 is 7.69 Å². The van der Waals surface area contributed by atoms with E-state index in [0.29, 0.717) is 20.9 Å². The monoisotopic (exact) mass is 116 g/mol. The fraction of sp³-hybridized carbons (Fsp3) is 1.00. The number of methoxy groups -OCH3 is 1. The lowest BCUT2D eigenvalue weighted by Gasteiger charge is -2.04. The Morgan fingerprint density at radius 3 is 3.25 bits per heavy atom. The van der Waals surface area contributed by atoms with Crippen LogP contribution < -0.4 is 0 Å². The second kappa shape index (κ2) is 3.07. The van der Waals surface area contributed by atoms with Crippen molar-refractivity contribution in [3.63, 3.8) is 0 Å². The van der Waals surface area contributed by atoms with Crippen LogP contribution in [0, 0.1) is 0 Å². The van der Waals surface area contributed by atoms with Gasteiger partial charge < -0.3 is 14.0 Å². The molecule has 0 amide bonds. The van der Waals surface area contributed by atoms with Gasteiger partial charge in [0.05, 0.1) is 19.3 Å². The Labute approximate surface area is 49.2 Å². The van der Waals surface area contributed by atoms with E-state index in [0.717, 1.165) is 0 Å². The summed E-state index contributed by atoms with van der Waals surface area (Å²) >= 11 is 0. The molecule has 0 saturated carbocycles. The molecule has 0 aromatic rings. The van der Waals surface area contributed by atoms with Crippen molar-refractivity contribution >= 4 is 7.69 Å². The summed E-state index contributed by atoms with van der Waals surface area (Å²) in [6.07, 6.45) is 0.167. The summed E-state index contributed by atoms with van der Waals surface area (Å²) in [6.45, 7) is 1.31. The standard InChI is InChI=1S/C4H9BO3/c1-6-2-4-3-7-5-8-4/h4-5H,2-3H2,1H3/t4-/m0/s1. The molecule has 1 saturated heterocycles. The minimum Gasteiger partial charge on any atom is -0.411 e. The maximum Gasteiger partial charge on any atom is 0.438 e. The lowest BCUT2D eigenvalue weighted by atomic mass is 10.4. The Bertz CT molecular complexity index is 62.3. The first-order valence-corrected chi connectivity index (χ1v) is 2.62. The third-order valence-electron chi connectivity index (χ3n) is 1.04. The normalized spacial score (nSPS) is 27.9. The lowest BCUT2D eigenvalue weighted by Crippen LogP contribution is -2.16. The van der Waals surface area contributed by atoms with Gasteiger partial charge in [0, 0.05) is 7.11 Å². The highest BCUT2D eigenvalue weighted by Crippen LogP contribution is 1.99. The molecule has 0 unspecified atom stereocenters. The maximum atomic E-state index is 5.05. The first-order valence-electron chi connectivity index (χ1n) is 2.62. The molecule has 4 heteroatoms. The first-order chi connectivity index (χ1) is 3.93. The fourth-order valence-corrected chi connectivity index (χ4v) is 0.654. The summed E-state index contributed by atoms with van der Waals surface area (Å²) in [5.41, 5.74) is 0. The van der Waals surface area contributed by atoms with Crippen LogP contribution in [0.25, 0.3) is 0 Å². The van der Waals surface area contributed by atoms with Gasteiger partial charge in [0.1, 0.15) is 0 Å². The van der Waals surface area contributed by atoms with E-state index < -0.39 is 0 Å². The van der Waals surface area contributed by atoms with Gasteiger partial charge in [-0.15, -0.1) is 0 Å². The molecule has 3 nitrogen and oxygen atoms in total. The molecule has 0 aromatic heterocycles. The Kier molecular flexibility index (Phi) is 2.33. The Morgan fingerprint density at radius 1 is 1.88 bits per heavy atom. The smallest absolute Gasteiger partial charge is 0.411 e. The molecule has 0 spiro atoms. The van der Waals surface area contributed by atoms with Crippen LogP contribution in [0.2, 0.25) is 0 Å². The quantitative estimate of drug-likeness (QED) is 0.447. The highest BCUT2D eigenvalue weighted by Gasteiger charge is 2.15. The zero-order valence-electron chi connectivity index (χ0n) is 4.92. The van der Waals surface area contributed by atoms with Gasteiger partial charge in [0.15, 0.2) is 0 Å². The second-order valence-corrected chi connectivity index (χ2v) is 1.73. The molecule has 1 heterocycles. The van der Waals surface area contributed by atoms with E-state index in [1.165, 1.54) is 0 Å². The van der Waals surface area contributed by atoms with E-state index in [1.54, 1.807) is 7.11 Å². The van der Waals surface area contributed by atoms with Crippen molar-refractivity contribution in [1.29, 1.82) is 0 Å². The number of ether oxygens (including phenoxy) is 1. The third kappa shape index (κ3) is 1.47. The molecule has 1 rings (SSSR count). The molecular weight excluding hydrogens is 107 g/mol. The van der Waals surface area contributed by atoms with E-state index in [2.05, 4.69) is 0 Å². The van der Waals surface area contributed by atoms with Gasteiger partial charge in [-0.1, -0.05) is 0 Å². The number of hydrogen-bond donors (Lipinski definition) is 0. The first kappa shape index (κ1) is 6.07. The van der Waals surface area contributed by atoms with Gasteiger partial charge in [0.25, 0.3) is 0 Å². The van der Waals surface area contributed by atoms with Crippen molar-refractivity contribution in [2.45, 2.75) is 6.10 Å². The van der Waals surface area contributed by atoms with Crippen molar-refractivity contribution < 1.29 is 14.0 Å². The van der Waals surface area contributed by atoms with E-state index in [9.17, 15) is 0 Å². The molecule has 0 N–H and O–H groups in total. The SMILES string of the molecule is COC[C@H]1COBO1. The molecule has 1 fully saturated rings. The zero-order chi connectivity index (χ0) is 5.82. The molecule has 1 aliphatic rings. The fourth-order valence-electron chi connectivity index (χ4n) is 0.654. The molecule has 0 radical (unpaired) electrons. The van der Waals surface area contributed by atoms with Crippen molar-refractivity contribution in [2.24, 2.45) is 0 Å². The largest absolute Gasteiger partial charge is 0.438 e. The minimum absolute atomic E-state index is 0.167. The summed E-state index contributed by atoms with van der Waals surface area (Å²) in [7, 11) is 2.08. The van der Waals surface area contributed by atoms with E-state index in [4.69, 9.17) is 14.0 Å². The van der Waals surface area contributed by atoms with Crippen molar-refractivity contribution in [3.05, 3.63) is 0 Å². The molecule has 0 aromatic carbocycles. The summed E-state index contributed by atoms with van der Waals surface area (Å²) in [4.78, 5) is 0. The average molecular weight is 116 g/mol. The third-order valence-corrected chi connectivity index (χ3v) is 1.04. The van der Waals surface area contributed by atoms with Crippen LogP contribution in [0.3, 0.4) is 0 Å². The Morgan fingerprint density at radius 2 is 2.75 bits per heavy atom. The molecule has 0 aliphatic carbocycles. The topological polar surface area (TPSA) is 27.7 Å². The van der Waals surface area contributed by atoms with Gasteiger partial charge in [-0.25, -0.2) is 0 Å². The molecule has 8 heavy (non-hydrogen) atoms. The molecule has 46 valence electrons. The molecular formula is C4H9BO3. The highest BCUT2D eigenvalue weighted by atomic mass is 16.6. The summed E-state index contributed by atoms with van der Waals surface area (Å²) in [5.74, 6) is 0. The Balaban J connectivity index is 2.06. The van der Waals surface area contributed by atoms with E-state index in [1.807, 2.05) is 0 Å². The maximum absolute atomic E-state index is 5.05. The van der Waals surface area contributed by atoms with Gasteiger partial charge in [-0.3, -0.25) is 0 Å². The summed E-state index contributed by atoms with van der Waals surface area (Å²) in [6, 6.07) is 0. The van der Waals surface area contributed by atoms with Gasteiger partial charge in [-0.05, 0) is 0 Å². The predicted octanol–water partition coefficient (Wildman–Crippen LogP) is -0.685. The van der Waals surface area contributed by atoms with E-state index in [-0.39, 0.29) is 6.10 Å². The molecule has 0 bridgehead atoms. The minimum atomic E-state index is 0.167. The summed E-state index contributed by atoms with van der Waals surface area (Å²) in [5, 5.41) is 0. The van der Waals surface area contributed by atoms with Crippen LogP contribution in [0.4, 0.5) is 0 Å². The average Bonchev–Trinajstić information content (AvgIpc) is 2.19. The van der Waals surface area contributed by atoms with Gasteiger partial charge in [0.2, 0.25) is 0 Å². The molecule has 1 atom stereocenters. The highest BCUT2D eigenvalue weighted by molar-refractivity contribution is 6.18. The van der Waals surface area contributed by atoms with Crippen LogP contribution in [-0.2, 0) is 14.0 Å². The second-order valence-electron chi connectivity index (χ2n) is 1.73. The van der Waals surface area contributed by atoms with Crippen molar-refractivity contribution in [2.75, 3.05) is 20.3 Å². The van der Waals surface area contributed by atoms with Crippen LogP contribution in [0.15, 0.2) is 0 Å². The summed E-state index contributed by atoms with van der Waals surface area (Å²) < 4.78 is 14.8. The Hall–Kier alpha value is -0.0551. The van der Waals surface area contributed by atoms with Crippen molar-refractivity contribution in [1.82, 2.24) is 0 Å². The lowest BCUT2D eigenvalue weighted by molar-refractivity contribution is 0.0949. The van der Waals surface area contributed by atoms with E-state index >= 15 is 0 Å². The van der Waals surface area contributed by atoms with Gasteiger partial charge in [-0.2, -0.15) is 0 Å². The van der Waals surface area contributed by atoms with Crippen LogP contribution in [0.5, 0.6) is 0 Å². The number of rotatable bonds is 2. The number of hydrogen-bond acceptors (Lipinski definition) is 3. The predicted molar refractivity (Wildman–Crippen MR) is 29.8 cm³/mol. The van der Waals surface area contributed by atoms with Crippen molar-refractivity contribution in [3.8, 4) is 0 Å². The van der Waals surface area contributed by atoms with Crippen LogP contribution >= 0.6 is 0 Å². The van der Waals surface area contributed by atoms with Crippen LogP contribution in [-0.4, -0.2) is 34.1 Å².